The number of benzene rings is 2. The Morgan fingerprint density at radius 1 is 1.03 bits per heavy atom. The van der Waals surface area contributed by atoms with Crippen LogP contribution in [0.15, 0.2) is 58.9 Å². The highest BCUT2D eigenvalue weighted by atomic mass is 32.1. The molecule has 1 aliphatic heterocycles. The molecule has 2 N–H and O–H groups in total. The first-order valence-corrected chi connectivity index (χ1v) is 9.55. The van der Waals surface area contributed by atoms with Gasteiger partial charge < -0.3 is 5.73 Å². The zero-order valence-corrected chi connectivity index (χ0v) is 16.1. The molecular formula is C22H12F2N4OS. The fourth-order valence-electron chi connectivity index (χ4n) is 3.42. The van der Waals surface area contributed by atoms with E-state index in [1.165, 1.54) is 42.5 Å². The van der Waals surface area contributed by atoms with E-state index in [1.807, 2.05) is 6.07 Å². The van der Waals surface area contributed by atoms with Gasteiger partial charge in [0.2, 0.25) is 0 Å². The molecule has 5 nitrogen and oxygen atoms in total. The minimum Gasteiger partial charge on any atom is -0.384 e. The first-order chi connectivity index (χ1) is 14.4. The highest BCUT2D eigenvalue weighted by Gasteiger charge is 2.32. The van der Waals surface area contributed by atoms with Gasteiger partial charge in [-0.1, -0.05) is 24.3 Å². The van der Waals surface area contributed by atoms with Gasteiger partial charge >= 0.3 is 0 Å². The molecule has 0 spiro atoms. The van der Waals surface area contributed by atoms with Crippen molar-refractivity contribution in [1.82, 2.24) is 4.57 Å². The molecule has 0 aliphatic carbocycles. The van der Waals surface area contributed by atoms with Gasteiger partial charge in [-0.15, -0.1) is 11.3 Å². The number of hydrogen-bond donors (Lipinski definition) is 1. The first kappa shape index (κ1) is 19.3. The quantitative estimate of drug-likeness (QED) is 0.690. The molecule has 1 aliphatic rings. The van der Waals surface area contributed by atoms with Crippen molar-refractivity contribution in [2.75, 3.05) is 0 Å². The van der Waals surface area contributed by atoms with Crippen molar-refractivity contribution in [3.63, 3.8) is 0 Å². The van der Waals surface area contributed by atoms with Crippen LogP contribution < -0.4 is 20.5 Å². The molecule has 8 heteroatoms. The van der Waals surface area contributed by atoms with Gasteiger partial charge in [0.15, 0.2) is 0 Å². The molecule has 2 aromatic carbocycles. The summed E-state index contributed by atoms with van der Waals surface area (Å²) in [4.78, 5) is 13.0. The van der Waals surface area contributed by atoms with Gasteiger partial charge in [0.25, 0.3) is 5.56 Å². The Bertz CT molecular complexity index is 1480. The Labute approximate surface area is 173 Å². The van der Waals surface area contributed by atoms with Crippen LogP contribution >= 0.6 is 11.3 Å². The monoisotopic (exact) mass is 418 g/mol. The van der Waals surface area contributed by atoms with Crippen molar-refractivity contribution in [1.29, 1.82) is 10.5 Å². The predicted molar refractivity (Wildman–Crippen MR) is 109 cm³/mol. The number of nitrogens with two attached hydrogens (primary N) is 1. The molecular weight excluding hydrogens is 406 g/mol. The lowest BCUT2D eigenvalue weighted by Crippen LogP contribution is -2.38. The van der Waals surface area contributed by atoms with Crippen molar-refractivity contribution in [2.45, 2.75) is 5.92 Å². The summed E-state index contributed by atoms with van der Waals surface area (Å²) in [5, 5.41) is 19.5. The minimum atomic E-state index is -0.893. The summed E-state index contributed by atoms with van der Waals surface area (Å²) in [6.07, 6.45) is 1.49. The second-order valence-corrected chi connectivity index (χ2v) is 7.57. The van der Waals surface area contributed by atoms with Crippen LogP contribution in [0.4, 0.5) is 8.78 Å². The first-order valence-electron chi connectivity index (χ1n) is 8.73. The van der Waals surface area contributed by atoms with E-state index in [1.54, 1.807) is 12.1 Å². The standard InChI is InChI=1S/C22H12F2N4OS/c23-14-5-1-3-12(7-14)8-18-21(29)28-20(27)16(10-25)19(17(11-26)22(28)30-18)13-4-2-6-15(24)9-13/h1-9,19H,27H2/b18-8-. The molecule has 146 valence electrons. The zero-order chi connectivity index (χ0) is 21.4. The molecule has 1 atom stereocenters. The fourth-order valence-corrected chi connectivity index (χ4v) is 4.55. The van der Waals surface area contributed by atoms with Crippen LogP contribution in [-0.2, 0) is 0 Å². The number of nitriles is 2. The van der Waals surface area contributed by atoms with E-state index in [2.05, 4.69) is 6.07 Å². The third-order valence-corrected chi connectivity index (χ3v) is 5.83. The Morgan fingerprint density at radius 3 is 2.33 bits per heavy atom. The molecule has 0 fully saturated rings. The van der Waals surface area contributed by atoms with Gasteiger partial charge in [0, 0.05) is 0 Å². The van der Waals surface area contributed by atoms with E-state index in [-0.39, 0.29) is 26.2 Å². The second kappa shape index (κ2) is 7.43. The van der Waals surface area contributed by atoms with Crippen LogP contribution in [0.25, 0.3) is 17.5 Å². The van der Waals surface area contributed by atoms with Gasteiger partial charge in [-0.25, -0.2) is 8.78 Å². The van der Waals surface area contributed by atoms with E-state index in [4.69, 9.17) is 5.73 Å². The minimum absolute atomic E-state index is 0.0122. The predicted octanol–water partition coefficient (Wildman–Crippen LogP) is 2.14. The van der Waals surface area contributed by atoms with E-state index in [9.17, 15) is 24.1 Å². The van der Waals surface area contributed by atoms with Crippen molar-refractivity contribution < 1.29 is 8.78 Å². The third-order valence-electron chi connectivity index (χ3n) is 4.72. The number of nitrogens with zero attached hydrogens (tertiary/aromatic N) is 3. The van der Waals surface area contributed by atoms with Crippen molar-refractivity contribution in [2.24, 2.45) is 5.73 Å². The number of thiazole rings is 1. The maximum Gasteiger partial charge on any atom is 0.274 e. The summed E-state index contributed by atoms with van der Waals surface area (Å²) in [7, 11) is 0. The average Bonchev–Trinajstić information content (AvgIpc) is 3.04. The maximum atomic E-state index is 13.8. The summed E-state index contributed by atoms with van der Waals surface area (Å²) in [6, 6.07) is 15.3. The topological polar surface area (TPSA) is 95.6 Å². The molecule has 4 rings (SSSR count). The van der Waals surface area contributed by atoms with E-state index >= 15 is 0 Å². The number of hydrogen-bond acceptors (Lipinski definition) is 5. The van der Waals surface area contributed by atoms with E-state index < -0.39 is 23.1 Å². The van der Waals surface area contributed by atoms with Crippen LogP contribution in [0.2, 0.25) is 0 Å². The zero-order valence-electron chi connectivity index (χ0n) is 15.3. The molecule has 30 heavy (non-hydrogen) atoms. The molecule has 0 bridgehead atoms. The summed E-state index contributed by atoms with van der Waals surface area (Å²) in [6.45, 7) is 0. The van der Waals surface area contributed by atoms with E-state index in [0.717, 1.165) is 15.9 Å². The highest BCUT2D eigenvalue weighted by molar-refractivity contribution is 7.07. The van der Waals surface area contributed by atoms with Crippen LogP contribution in [-0.4, -0.2) is 4.57 Å². The fraction of sp³-hybridized carbons (Fsp3) is 0.0455. The summed E-state index contributed by atoms with van der Waals surface area (Å²) < 4.78 is 28.9. The number of halogens is 2. The van der Waals surface area contributed by atoms with Gasteiger partial charge in [0.05, 0.1) is 33.7 Å². The Kier molecular flexibility index (Phi) is 4.78. The van der Waals surface area contributed by atoms with Crippen LogP contribution in [0.1, 0.15) is 17.0 Å². The number of fused-ring (bicyclic) bond motifs is 1. The molecule has 0 saturated carbocycles. The highest BCUT2D eigenvalue weighted by Crippen LogP contribution is 2.35. The molecule has 3 aromatic rings. The summed E-state index contributed by atoms with van der Waals surface area (Å²) in [5.74, 6) is -1.97. The molecule has 1 aromatic heterocycles. The lowest BCUT2D eigenvalue weighted by molar-refractivity contribution is 0.625. The van der Waals surface area contributed by atoms with Gasteiger partial charge in [-0.2, -0.15) is 10.5 Å². The number of rotatable bonds is 2. The molecule has 0 saturated heterocycles. The van der Waals surface area contributed by atoms with Crippen LogP contribution in [0.3, 0.4) is 0 Å². The van der Waals surface area contributed by atoms with E-state index in [0.29, 0.717) is 11.1 Å². The Balaban J connectivity index is 2.07. The second-order valence-electron chi connectivity index (χ2n) is 6.54. The Morgan fingerprint density at radius 2 is 1.70 bits per heavy atom. The van der Waals surface area contributed by atoms with Crippen molar-refractivity contribution in [3.05, 3.63) is 96.4 Å². The van der Waals surface area contributed by atoms with Gasteiger partial charge in [-0.05, 0) is 41.5 Å². The summed E-state index contributed by atoms with van der Waals surface area (Å²) in [5.41, 5.74) is 6.59. The SMILES string of the molecule is N#CC1=C(N)n2c(s/c(=C\c3cccc(F)c3)c2=O)=C(C#N)C1c1cccc(F)c1. The van der Waals surface area contributed by atoms with Gasteiger partial charge in [0.1, 0.15) is 22.1 Å². The molecule has 0 radical (unpaired) electrons. The van der Waals surface area contributed by atoms with Crippen molar-refractivity contribution >= 4 is 28.8 Å². The third kappa shape index (κ3) is 3.10. The molecule has 0 amide bonds. The lowest BCUT2D eigenvalue weighted by atomic mass is 9.84. The van der Waals surface area contributed by atoms with Crippen LogP contribution in [0, 0.1) is 34.3 Å². The smallest absolute Gasteiger partial charge is 0.274 e. The normalized spacial score (nSPS) is 16.2. The number of allylic oxidation sites excluding steroid dienone is 1. The lowest BCUT2D eigenvalue weighted by Gasteiger charge is -2.22. The number of aromatic nitrogens is 1. The maximum absolute atomic E-state index is 13.8. The van der Waals surface area contributed by atoms with Crippen LogP contribution in [0.5, 0.6) is 0 Å². The average molecular weight is 418 g/mol. The molecule has 2 heterocycles. The Hall–Kier alpha value is -4.01. The van der Waals surface area contributed by atoms with Crippen molar-refractivity contribution in [3.8, 4) is 12.1 Å². The van der Waals surface area contributed by atoms with Gasteiger partial charge in [-0.3, -0.25) is 9.36 Å². The largest absolute Gasteiger partial charge is 0.384 e. The molecule has 1 unspecified atom stereocenters. The summed E-state index contributed by atoms with van der Waals surface area (Å²) >= 11 is 1.01.